The van der Waals surface area contributed by atoms with Crippen LogP contribution in [0.25, 0.3) is 11.2 Å². The highest BCUT2D eigenvalue weighted by molar-refractivity contribution is 5.73. The number of nitrogens with zero attached hydrogens (tertiary/aromatic N) is 3. The number of rotatable bonds is 6. The summed E-state index contributed by atoms with van der Waals surface area (Å²) in [5.41, 5.74) is 3.79. The third-order valence-corrected chi connectivity index (χ3v) is 5.42. The van der Waals surface area contributed by atoms with E-state index in [9.17, 15) is 5.11 Å². The molecule has 0 unspecified atom stereocenters. The van der Waals surface area contributed by atoms with Gasteiger partial charge in [-0.3, -0.25) is 9.98 Å². The van der Waals surface area contributed by atoms with Crippen LogP contribution in [0.5, 0.6) is 11.5 Å². The van der Waals surface area contributed by atoms with Crippen LogP contribution >= 0.6 is 0 Å². The van der Waals surface area contributed by atoms with Gasteiger partial charge in [0.15, 0.2) is 17.1 Å². The van der Waals surface area contributed by atoms with Crippen molar-refractivity contribution in [2.75, 3.05) is 0 Å². The monoisotopic (exact) mass is 381 g/mol. The molecule has 2 aromatic heterocycles. The summed E-state index contributed by atoms with van der Waals surface area (Å²) < 4.78 is 7.82. The smallest absolute Gasteiger partial charge is 0.223 e. The summed E-state index contributed by atoms with van der Waals surface area (Å²) in [6, 6.07) is 5.49. The number of benzene rings is 1. The molecule has 3 aromatic rings. The van der Waals surface area contributed by atoms with E-state index in [2.05, 4.69) is 9.97 Å². The van der Waals surface area contributed by atoms with Gasteiger partial charge < -0.3 is 14.8 Å². The number of hydrogen-bond donors (Lipinski definition) is 3. The number of ether oxygens (including phenoxy) is 1. The van der Waals surface area contributed by atoms with Crippen molar-refractivity contribution >= 4 is 11.2 Å². The van der Waals surface area contributed by atoms with Gasteiger partial charge in [0.25, 0.3) is 0 Å². The third kappa shape index (κ3) is 3.48. The van der Waals surface area contributed by atoms with Crippen molar-refractivity contribution in [1.82, 2.24) is 19.5 Å². The number of aryl methyl sites for hydroxylation is 2. The maximum atomic E-state index is 10.2. The van der Waals surface area contributed by atoms with Crippen molar-refractivity contribution in [2.45, 2.75) is 65.0 Å². The zero-order chi connectivity index (χ0) is 19.7. The van der Waals surface area contributed by atoms with Gasteiger partial charge in [-0.05, 0) is 56.7 Å². The van der Waals surface area contributed by atoms with Crippen LogP contribution < -0.4 is 10.4 Å². The Bertz CT molecular complexity index is 1050. The fourth-order valence-electron chi connectivity index (χ4n) is 3.93. The van der Waals surface area contributed by atoms with Gasteiger partial charge in [0.1, 0.15) is 11.3 Å². The predicted molar refractivity (Wildman–Crippen MR) is 107 cm³/mol. The van der Waals surface area contributed by atoms with Crippen LogP contribution in [-0.2, 0) is 19.4 Å². The summed E-state index contributed by atoms with van der Waals surface area (Å²) in [6.45, 7) is 4.67. The molecule has 1 fully saturated rings. The minimum atomic E-state index is 0.181. The van der Waals surface area contributed by atoms with Crippen LogP contribution in [-0.4, -0.2) is 30.7 Å². The highest BCUT2D eigenvalue weighted by atomic mass is 16.5. The van der Waals surface area contributed by atoms with Gasteiger partial charge in [-0.2, -0.15) is 0 Å². The Labute approximate surface area is 163 Å². The molecule has 1 aromatic carbocycles. The number of aromatic nitrogens is 4. The second-order valence-corrected chi connectivity index (χ2v) is 7.37. The molecule has 7 heteroatoms. The zero-order valence-corrected chi connectivity index (χ0v) is 16.5. The molecule has 0 amide bonds. The molecule has 0 radical (unpaired) electrons. The summed E-state index contributed by atoms with van der Waals surface area (Å²) in [6.07, 6.45) is 6.01. The molecule has 1 saturated carbocycles. The van der Waals surface area contributed by atoms with Gasteiger partial charge in [0.05, 0.1) is 11.8 Å². The maximum Gasteiger partial charge on any atom is 0.223 e. The molecular weight excluding hydrogens is 354 g/mol. The Balaban J connectivity index is 1.65. The Morgan fingerprint density at radius 1 is 1.25 bits per heavy atom. The van der Waals surface area contributed by atoms with E-state index < -0.39 is 0 Å². The van der Waals surface area contributed by atoms with Gasteiger partial charge in [-0.15, -0.1) is 0 Å². The van der Waals surface area contributed by atoms with E-state index in [1.807, 2.05) is 26.0 Å². The van der Waals surface area contributed by atoms with Crippen molar-refractivity contribution in [3.8, 4) is 11.5 Å². The minimum absolute atomic E-state index is 0.181. The molecule has 0 bridgehead atoms. The van der Waals surface area contributed by atoms with Crippen LogP contribution in [0.2, 0.25) is 0 Å². The highest BCUT2D eigenvalue weighted by Gasteiger charge is 2.19. The zero-order valence-electron chi connectivity index (χ0n) is 16.5. The van der Waals surface area contributed by atoms with Crippen molar-refractivity contribution < 1.29 is 9.84 Å². The van der Waals surface area contributed by atoms with Crippen LogP contribution in [0.4, 0.5) is 0 Å². The van der Waals surface area contributed by atoms with Gasteiger partial charge in [-0.25, -0.2) is 9.97 Å². The first-order valence-corrected chi connectivity index (χ1v) is 10.1. The minimum Gasteiger partial charge on any atom is -0.504 e. The average Bonchev–Trinajstić information content (AvgIpc) is 3.33. The SMILES string of the molecule is CCc1nc(=N)n(CC)c2nc(Cc3ccc(O)c(OC4CCCC4)c3)[nH]c12. The van der Waals surface area contributed by atoms with Gasteiger partial charge in [0.2, 0.25) is 5.62 Å². The molecule has 1 aliphatic rings. The van der Waals surface area contributed by atoms with E-state index >= 15 is 0 Å². The lowest BCUT2D eigenvalue weighted by Crippen LogP contribution is -2.24. The standard InChI is InChI=1S/C21H27N5O2/c1-3-15-19-20(26(4-2)21(22)23-15)25-18(24-19)12-13-9-10-16(27)17(11-13)28-14-7-5-6-8-14/h9-11,14,22,27H,3-8,12H2,1-2H3,(H,24,25). The van der Waals surface area contributed by atoms with Gasteiger partial charge in [0, 0.05) is 13.0 Å². The molecule has 148 valence electrons. The molecule has 0 spiro atoms. The van der Waals surface area contributed by atoms with E-state index in [1.165, 1.54) is 12.8 Å². The lowest BCUT2D eigenvalue weighted by Gasteiger charge is -2.15. The molecule has 2 heterocycles. The molecule has 0 atom stereocenters. The van der Waals surface area contributed by atoms with Crippen molar-refractivity contribution in [1.29, 1.82) is 5.41 Å². The number of imidazole rings is 1. The first-order valence-electron chi connectivity index (χ1n) is 10.1. The summed E-state index contributed by atoms with van der Waals surface area (Å²) in [5, 5.41) is 18.3. The first-order chi connectivity index (χ1) is 13.6. The van der Waals surface area contributed by atoms with E-state index in [0.717, 1.165) is 47.5 Å². The molecular formula is C21H27N5O2. The molecule has 7 nitrogen and oxygen atoms in total. The number of fused-ring (bicyclic) bond motifs is 1. The number of phenols is 1. The number of H-pyrrole nitrogens is 1. The van der Waals surface area contributed by atoms with Gasteiger partial charge >= 0.3 is 0 Å². The molecule has 4 rings (SSSR count). The molecule has 28 heavy (non-hydrogen) atoms. The Hall–Kier alpha value is -2.83. The molecule has 0 aliphatic heterocycles. The second-order valence-electron chi connectivity index (χ2n) is 7.37. The Morgan fingerprint density at radius 2 is 2.04 bits per heavy atom. The maximum absolute atomic E-state index is 10.2. The van der Waals surface area contributed by atoms with Crippen molar-refractivity contribution in [2.24, 2.45) is 0 Å². The van der Waals surface area contributed by atoms with Crippen LogP contribution in [0.3, 0.4) is 0 Å². The number of hydrogen-bond acceptors (Lipinski definition) is 5. The second kappa shape index (κ2) is 7.66. The lowest BCUT2D eigenvalue weighted by atomic mass is 10.1. The number of phenolic OH excluding ortho intramolecular Hbond substituents is 1. The summed E-state index contributed by atoms with van der Waals surface area (Å²) in [7, 11) is 0. The largest absolute Gasteiger partial charge is 0.504 e. The topological polar surface area (TPSA) is 99.8 Å². The highest BCUT2D eigenvalue weighted by Crippen LogP contribution is 2.32. The molecule has 3 N–H and O–H groups in total. The fraction of sp³-hybridized carbons (Fsp3) is 0.476. The summed E-state index contributed by atoms with van der Waals surface area (Å²) >= 11 is 0. The quantitative estimate of drug-likeness (QED) is 0.609. The van der Waals surface area contributed by atoms with Crippen molar-refractivity contribution in [3.63, 3.8) is 0 Å². The Kier molecular flexibility index (Phi) is 5.07. The van der Waals surface area contributed by atoms with Gasteiger partial charge in [-0.1, -0.05) is 13.0 Å². The van der Waals surface area contributed by atoms with E-state index in [0.29, 0.717) is 18.7 Å². The van der Waals surface area contributed by atoms with E-state index in [4.69, 9.17) is 15.1 Å². The molecule has 1 aliphatic carbocycles. The fourth-order valence-corrected chi connectivity index (χ4v) is 3.93. The predicted octanol–water partition coefficient (Wildman–Crippen LogP) is 3.44. The first kappa shape index (κ1) is 18.5. The number of aromatic amines is 1. The normalized spacial score (nSPS) is 14.8. The lowest BCUT2D eigenvalue weighted by molar-refractivity contribution is 0.201. The van der Waals surface area contributed by atoms with Crippen LogP contribution in [0, 0.1) is 5.41 Å². The van der Waals surface area contributed by atoms with E-state index in [1.54, 1.807) is 10.6 Å². The average molecular weight is 381 g/mol. The molecule has 0 saturated heterocycles. The van der Waals surface area contributed by atoms with E-state index in [-0.39, 0.29) is 17.5 Å². The summed E-state index contributed by atoms with van der Waals surface area (Å²) in [5.74, 6) is 1.55. The number of nitrogens with one attached hydrogen (secondary N) is 2. The summed E-state index contributed by atoms with van der Waals surface area (Å²) in [4.78, 5) is 12.5. The third-order valence-electron chi connectivity index (χ3n) is 5.42. The van der Waals surface area contributed by atoms with Crippen LogP contribution in [0.15, 0.2) is 18.2 Å². The Morgan fingerprint density at radius 3 is 2.75 bits per heavy atom. The van der Waals surface area contributed by atoms with Crippen molar-refractivity contribution in [3.05, 3.63) is 40.9 Å². The van der Waals surface area contributed by atoms with Crippen LogP contribution in [0.1, 0.15) is 56.6 Å². The number of aromatic hydroxyl groups is 1.